The predicted molar refractivity (Wildman–Crippen MR) is 144 cm³/mol. The Kier molecular flexibility index (Phi) is 7.97. The lowest BCUT2D eigenvalue weighted by Gasteiger charge is -2.25. The van der Waals surface area contributed by atoms with Crippen LogP contribution in [0.3, 0.4) is 0 Å². The first kappa shape index (κ1) is 26.0. The molecule has 3 aromatic carbocycles. The molecule has 0 radical (unpaired) electrons. The van der Waals surface area contributed by atoms with Gasteiger partial charge in [0.1, 0.15) is 17.3 Å². The lowest BCUT2D eigenvalue weighted by molar-refractivity contribution is -0.139. The largest absolute Gasteiger partial charge is 0.507 e. The number of carbonyl (C=O) groups excluding carboxylic acids is 2. The zero-order valence-corrected chi connectivity index (χ0v) is 21.8. The second-order valence-electron chi connectivity index (χ2n) is 9.33. The maximum absolute atomic E-state index is 13.3. The summed E-state index contributed by atoms with van der Waals surface area (Å²) in [5.74, 6) is -0.00335. The molecular weight excluding hydrogens is 466 g/mol. The maximum atomic E-state index is 13.3. The van der Waals surface area contributed by atoms with Crippen LogP contribution in [0.1, 0.15) is 47.2 Å². The van der Waals surface area contributed by atoms with Crippen LogP contribution in [0.5, 0.6) is 11.5 Å². The number of ketones is 1. The Morgan fingerprint density at radius 1 is 0.946 bits per heavy atom. The summed E-state index contributed by atoms with van der Waals surface area (Å²) < 4.78 is 10.9. The molecule has 192 valence electrons. The number of Topliss-reactive ketones (excluding diaryl/α,β-unsaturated/α-hetero) is 1. The van der Waals surface area contributed by atoms with Gasteiger partial charge in [0, 0.05) is 12.1 Å². The van der Waals surface area contributed by atoms with E-state index in [9.17, 15) is 14.7 Å². The number of aryl methyl sites for hydroxylation is 2. The van der Waals surface area contributed by atoms with E-state index in [1.54, 1.807) is 24.1 Å². The molecule has 0 aliphatic carbocycles. The summed E-state index contributed by atoms with van der Waals surface area (Å²) in [6, 6.07) is 20.0. The van der Waals surface area contributed by atoms with E-state index in [-0.39, 0.29) is 11.3 Å². The third kappa shape index (κ3) is 5.53. The number of benzene rings is 3. The number of nitrogens with zero attached hydrogens (tertiary/aromatic N) is 1. The summed E-state index contributed by atoms with van der Waals surface area (Å²) >= 11 is 0. The minimum absolute atomic E-state index is 0.105. The van der Waals surface area contributed by atoms with E-state index in [1.165, 1.54) is 0 Å². The molecule has 0 saturated carbocycles. The van der Waals surface area contributed by atoms with Crippen molar-refractivity contribution < 1.29 is 24.2 Å². The SMILES string of the molecule is CCCOc1ccc(/C(O)=C2\C(=O)C(=O)N(CCc3ccc(OC)cc3)C2c2ccc(C)cc2)c(C)c1. The van der Waals surface area contributed by atoms with Gasteiger partial charge in [0.2, 0.25) is 0 Å². The van der Waals surface area contributed by atoms with Gasteiger partial charge in [0.05, 0.1) is 25.3 Å². The number of hydrogen-bond donors (Lipinski definition) is 1. The predicted octanol–water partition coefficient (Wildman–Crippen LogP) is 5.77. The molecule has 1 N–H and O–H groups in total. The van der Waals surface area contributed by atoms with Crippen LogP contribution in [0.15, 0.2) is 72.3 Å². The van der Waals surface area contributed by atoms with Crippen molar-refractivity contribution in [3.63, 3.8) is 0 Å². The fourth-order valence-electron chi connectivity index (χ4n) is 4.60. The lowest BCUT2D eigenvalue weighted by Crippen LogP contribution is -2.31. The zero-order chi connectivity index (χ0) is 26.5. The molecule has 1 heterocycles. The summed E-state index contributed by atoms with van der Waals surface area (Å²) in [6.07, 6.45) is 1.44. The van der Waals surface area contributed by atoms with Crippen LogP contribution < -0.4 is 9.47 Å². The average Bonchev–Trinajstić information content (AvgIpc) is 3.16. The Balaban J connectivity index is 1.73. The minimum atomic E-state index is -0.686. The Bertz CT molecular complexity index is 1310. The Labute approximate surface area is 218 Å². The molecule has 1 aliphatic heterocycles. The van der Waals surface area contributed by atoms with Crippen LogP contribution in [0.25, 0.3) is 5.76 Å². The van der Waals surface area contributed by atoms with Crippen molar-refractivity contribution in [1.29, 1.82) is 0 Å². The highest BCUT2D eigenvalue weighted by molar-refractivity contribution is 6.46. The van der Waals surface area contributed by atoms with Gasteiger partial charge in [-0.25, -0.2) is 0 Å². The van der Waals surface area contributed by atoms with Gasteiger partial charge in [0.15, 0.2) is 0 Å². The van der Waals surface area contributed by atoms with Crippen LogP contribution in [-0.4, -0.2) is 42.0 Å². The molecular formula is C31H33NO5. The van der Waals surface area contributed by atoms with Crippen molar-refractivity contribution in [3.05, 3.63) is 100 Å². The fraction of sp³-hybridized carbons (Fsp3) is 0.290. The number of ether oxygens (including phenoxy) is 2. The van der Waals surface area contributed by atoms with Gasteiger partial charge in [-0.3, -0.25) is 9.59 Å². The van der Waals surface area contributed by atoms with E-state index in [1.807, 2.05) is 75.4 Å². The molecule has 0 spiro atoms. The summed E-state index contributed by atoms with van der Waals surface area (Å²) in [5, 5.41) is 11.4. The van der Waals surface area contributed by atoms with Crippen molar-refractivity contribution in [1.82, 2.24) is 4.90 Å². The zero-order valence-electron chi connectivity index (χ0n) is 21.8. The quantitative estimate of drug-likeness (QED) is 0.230. The molecule has 4 rings (SSSR count). The van der Waals surface area contributed by atoms with Crippen LogP contribution in [0, 0.1) is 13.8 Å². The Morgan fingerprint density at radius 2 is 1.62 bits per heavy atom. The van der Waals surface area contributed by atoms with E-state index in [0.717, 1.165) is 34.4 Å². The van der Waals surface area contributed by atoms with Gasteiger partial charge in [-0.15, -0.1) is 0 Å². The molecule has 1 amide bonds. The Morgan fingerprint density at radius 3 is 2.24 bits per heavy atom. The van der Waals surface area contributed by atoms with Crippen LogP contribution in [0.4, 0.5) is 0 Å². The highest BCUT2D eigenvalue weighted by Gasteiger charge is 2.45. The first-order valence-electron chi connectivity index (χ1n) is 12.6. The van der Waals surface area contributed by atoms with E-state index < -0.39 is 17.7 Å². The standard InChI is InChI=1S/C31H33NO5/c1-5-18-37-25-14-15-26(21(3)19-25)29(33)27-28(23-10-6-20(2)7-11-23)32(31(35)30(27)34)17-16-22-8-12-24(36-4)13-9-22/h6-15,19,28,33H,5,16-18H2,1-4H3/b29-27+. The molecule has 0 bridgehead atoms. The van der Waals surface area contributed by atoms with Gasteiger partial charge >= 0.3 is 0 Å². The first-order valence-corrected chi connectivity index (χ1v) is 12.6. The highest BCUT2D eigenvalue weighted by atomic mass is 16.5. The van der Waals surface area contributed by atoms with E-state index in [0.29, 0.717) is 30.9 Å². The summed E-state index contributed by atoms with van der Waals surface area (Å²) in [5.41, 5.74) is 4.24. The topological polar surface area (TPSA) is 76.1 Å². The normalized spacial score (nSPS) is 16.8. The van der Waals surface area contributed by atoms with Crippen molar-refractivity contribution in [3.8, 4) is 11.5 Å². The number of methoxy groups -OCH3 is 1. The summed E-state index contributed by atoms with van der Waals surface area (Å²) in [6.45, 7) is 6.79. The van der Waals surface area contributed by atoms with Crippen LogP contribution >= 0.6 is 0 Å². The molecule has 1 fully saturated rings. The number of hydrogen-bond acceptors (Lipinski definition) is 5. The number of aliphatic hydroxyl groups is 1. The third-order valence-corrected chi connectivity index (χ3v) is 6.66. The summed E-state index contributed by atoms with van der Waals surface area (Å²) in [4.78, 5) is 28.2. The fourth-order valence-corrected chi connectivity index (χ4v) is 4.60. The first-order chi connectivity index (χ1) is 17.8. The molecule has 0 aromatic heterocycles. The summed E-state index contributed by atoms with van der Waals surface area (Å²) in [7, 11) is 1.61. The van der Waals surface area contributed by atoms with Gasteiger partial charge in [-0.05, 0) is 73.7 Å². The van der Waals surface area contributed by atoms with Gasteiger partial charge in [-0.2, -0.15) is 0 Å². The molecule has 1 saturated heterocycles. The molecule has 6 nitrogen and oxygen atoms in total. The van der Waals surface area contributed by atoms with Gasteiger partial charge in [0.25, 0.3) is 11.7 Å². The maximum Gasteiger partial charge on any atom is 0.295 e. The lowest BCUT2D eigenvalue weighted by atomic mass is 9.93. The van der Waals surface area contributed by atoms with Gasteiger partial charge in [-0.1, -0.05) is 48.9 Å². The monoisotopic (exact) mass is 499 g/mol. The second-order valence-corrected chi connectivity index (χ2v) is 9.33. The molecule has 3 aromatic rings. The Hall–Kier alpha value is -4.06. The van der Waals surface area contributed by atoms with Crippen molar-refractivity contribution in [2.45, 2.75) is 39.7 Å². The smallest absolute Gasteiger partial charge is 0.295 e. The number of rotatable bonds is 9. The number of carbonyl (C=O) groups is 2. The van der Waals surface area contributed by atoms with Gasteiger partial charge < -0.3 is 19.5 Å². The third-order valence-electron chi connectivity index (χ3n) is 6.66. The van der Waals surface area contributed by atoms with E-state index in [4.69, 9.17) is 9.47 Å². The molecule has 1 unspecified atom stereocenters. The number of likely N-dealkylation sites (tertiary alicyclic amines) is 1. The molecule has 6 heteroatoms. The second kappa shape index (κ2) is 11.3. The van der Waals surface area contributed by atoms with Crippen LogP contribution in [-0.2, 0) is 16.0 Å². The minimum Gasteiger partial charge on any atom is -0.507 e. The molecule has 1 atom stereocenters. The van der Waals surface area contributed by atoms with Crippen molar-refractivity contribution in [2.75, 3.05) is 20.3 Å². The van der Waals surface area contributed by atoms with E-state index in [2.05, 4.69) is 0 Å². The average molecular weight is 500 g/mol. The number of aliphatic hydroxyl groups excluding tert-OH is 1. The highest BCUT2D eigenvalue weighted by Crippen LogP contribution is 2.40. The van der Waals surface area contributed by atoms with Crippen LogP contribution in [0.2, 0.25) is 0 Å². The van der Waals surface area contributed by atoms with Crippen molar-refractivity contribution in [2.24, 2.45) is 0 Å². The molecule has 37 heavy (non-hydrogen) atoms. The molecule has 1 aliphatic rings. The van der Waals surface area contributed by atoms with E-state index >= 15 is 0 Å². The number of amides is 1. The van der Waals surface area contributed by atoms with Crippen molar-refractivity contribution >= 4 is 17.4 Å².